The van der Waals surface area contributed by atoms with Gasteiger partial charge in [0.25, 0.3) is 0 Å². The second-order valence-electron chi connectivity index (χ2n) is 8.12. The molecule has 1 unspecified atom stereocenters. The molecule has 3 nitrogen and oxygen atoms in total. The quantitative estimate of drug-likeness (QED) is 0.696. The fourth-order valence-electron chi connectivity index (χ4n) is 5.24. The first-order chi connectivity index (χ1) is 14.2. The third-order valence-electron chi connectivity index (χ3n) is 6.48. The molecule has 3 aliphatic rings. The number of ether oxygens (including phenoxy) is 1. The van der Waals surface area contributed by atoms with E-state index >= 15 is 0 Å². The Labute approximate surface area is 171 Å². The zero-order valence-electron chi connectivity index (χ0n) is 16.6. The number of carbonyl (C=O) groups excluding carboxylic acids is 1. The molecule has 3 aliphatic carbocycles. The van der Waals surface area contributed by atoms with Crippen LogP contribution in [0.25, 0.3) is 0 Å². The highest BCUT2D eigenvalue weighted by atomic mass is 16.5. The van der Waals surface area contributed by atoms with Crippen molar-refractivity contribution in [1.29, 1.82) is 0 Å². The van der Waals surface area contributed by atoms with Gasteiger partial charge in [-0.3, -0.25) is 4.79 Å². The molecule has 0 saturated carbocycles. The maximum Gasteiger partial charge on any atom is 0.224 e. The standard InChI is InChI=1S/C26H25NO2/c1-29-19-8-6-7-17(13-19)14-25(28)27-16-18-15-24-20-9-2-4-11-22(20)26(18)23-12-5-3-10-21(23)24/h2-13,18,24,26H,14-16H2,1H3,(H,27,28). The first kappa shape index (κ1) is 18.0. The van der Waals surface area contributed by atoms with Crippen molar-refractivity contribution >= 4 is 5.91 Å². The first-order valence-corrected chi connectivity index (χ1v) is 10.3. The van der Waals surface area contributed by atoms with Gasteiger partial charge in [0.05, 0.1) is 13.5 Å². The molecule has 0 aromatic heterocycles. The lowest BCUT2D eigenvalue weighted by molar-refractivity contribution is -0.120. The molecule has 0 fully saturated rings. The molecule has 0 aliphatic heterocycles. The Kier molecular flexibility index (Phi) is 4.59. The molecule has 1 N–H and O–H groups in total. The van der Waals surface area contributed by atoms with Crippen LogP contribution >= 0.6 is 0 Å². The SMILES string of the molecule is COc1cccc(CC(=O)NCC2CC3c4ccccc4C2c2ccccc23)c1. The van der Waals surface area contributed by atoms with Crippen molar-refractivity contribution < 1.29 is 9.53 Å². The van der Waals surface area contributed by atoms with Gasteiger partial charge >= 0.3 is 0 Å². The summed E-state index contributed by atoms with van der Waals surface area (Å²) in [5.41, 5.74) is 6.79. The van der Waals surface area contributed by atoms with Crippen LogP contribution in [0.4, 0.5) is 0 Å². The van der Waals surface area contributed by atoms with Crippen molar-refractivity contribution in [2.24, 2.45) is 5.92 Å². The highest BCUT2D eigenvalue weighted by Crippen LogP contribution is 2.55. The van der Waals surface area contributed by atoms with E-state index in [0.717, 1.165) is 17.7 Å². The van der Waals surface area contributed by atoms with Crippen molar-refractivity contribution in [2.75, 3.05) is 13.7 Å². The summed E-state index contributed by atoms with van der Waals surface area (Å²) in [5.74, 6) is 2.09. The Bertz CT molecular complexity index is 1010. The lowest BCUT2D eigenvalue weighted by Gasteiger charge is -2.45. The van der Waals surface area contributed by atoms with E-state index in [1.807, 2.05) is 24.3 Å². The van der Waals surface area contributed by atoms with Gasteiger partial charge in [0.15, 0.2) is 0 Å². The number of hydrogen-bond donors (Lipinski definition) is 1. The average molecular weight is 383 g/mol. The van der Waals surface area contributed by atoms with Crippen molar-refractivity contribution in [3.05, 3.63) is 101 Å². The van der Waals surface area contributed by atoms with Crippen LogP contribution in [-0.4, -0.2) is 19.6 Å². The number of rotatable bonds is 5. The minimum absolute atomic E-state index is 0.0706. The molecule has 2 bridgehead atoms. The fraction of sp³-hybridized carbons (Fsp3) is 0.269. The van der Waals surface area contributed by atoms with Crippen molar-refractivity contribution in [2.45, 2.75) is 24.7 Å². The zero-order chi connectivity index (χ0) is 19.8. The highest BCUT2D eigenvalue weighted by Gasteiger charge is 2.42. The van der Waals surface area contributed by atoms with Gasteiger partial charge in [0.1, 0.15) is 5.75 Å². The number of carbonyl (C=O) groups is 1. The van der Waals surface area contributed by atoms with Gasteiger partial charge in [-0.2, -0.15) is 0 Å². The summed E-state index contributed by atoms with van der Waals surface area (Å²) in [6.45, 7) is 0.715. The van der Waals surface area contributed by atoms with Crippen LogP contribution in [0.3, 0.4) is 0 Å². The summed E-state index contributed by atoms with van der Waals surface area (Å²) in [6, 6.07) is 25.4. The van der Waals surface area contributed by atoms with Crippen LogP contribution in [-0.2, 0) is 11.2 Å². The van der Waals surface area contributed by atoms with E-state index in [0.29, 0.717) is 30.7 Å². The van der Waals surface area contributed by atoms with Crippen LogP contribution in [0.1, 0.15) is 46.1 Å². The molecule has 0 spiro atoms. The molecule has 6 rings (SSSR count). The smallest absolute Gasteiger partial charge is 0.224 e. The second kappa shape index (κ2) is 7.40. The Morgan fingerprint density at radius 3 is 2.24 bits per heavy atom. The molecule has 3 aromatic carbocycles. The largest absolute Gasteiger partial charge is 0.497 e. The molecular formula is C26H25NO2. The summed E-state index contributed by atoms with van der Waals surface area (Å²) >= 11 is 0. The summed E-state index contributed by atoms with van der Waals surface area (Å²) in [5, 5.41) is 3.21. The van der Waals surface area contributed by atoms with E-state index in [1.54, 1.807) is 7.11 Å². The predicted molar refractivity (Wildman–Crippen MR) is 114 cm³/mol. The summed E-state index contributed by atoms with van der Waals surface area (Å²) < 4.78 is 5.26. The van der Waals surface area contributed by atoms with Gasteiger partial charge in [-0.15, -0.1) is 0 Å². The summed E-state index contributed by atoms with van der Waals surface area (Å²) in [6.07, 6.45) is 1.48. The lowest BCUT2D eigenvalue weighted by Crippen LogP contribution is -2.39. The number of methoxy groups -OCH3 is 1. The van der Waals surface area contributed by atoms with Gasteiger partial charge in [0, 0.05) is 18.4 Å². The molecule has 0 heterocycles. The molecule has 0 radical (unpaired) electrons. The summed E-state index contributed by atoms with van der Waals surface area (Å²) in [4.78, 5) is 12.6. The molecule has 0 saturated heterocycles. The number of fused-ring (bicyclic) bond motifs is 1. The molecule has 29 heavy (non-hydrogen) atoms. The Balaban J connectivity index is 1.33. The third kappa shape index (κ3) is 3.21. The molecule has 3 aromatic rings. The van der Waals surface area contributed by atoms with E-state index in [9.17, 15) is 4.79 Å². The van der Waals surface area contributed by atoms with Crippen molar-refractivity contribution in [1.82, 2.24) is 5.32 Å². The van der Waals surface area contributed by atoms with Crippen LogP contribution < -0.4 is 10.1 Å². The molecular weight excluding hydrogens is 358 g/mol. The molecule has 3 heteroatoms. The van der Waals surface area contributed by atoms with E-state index < -0.39 is 0 Å². The highest BCUT2D eigenvalue weighted by molar-refractivity contribution is 5.78. The topological polar surface area (TPSA) is 38.3 Å². The minimum atomic E-state index is 0.0706. The molecule has 146 valence electrons. The Hall–Kier alpha value is -3.07. The van der Waals surface area contributed by atoms with Gasteiger partial charge in [-0.25, -0.2) is 0 Å². The van der Waals surface area contributed by atoms with E-state index in [1.165, 1.54) is 22.3 Å². The molecule has 1 atom stereocenters. The normalized spacial score (nSPS) is 21.2. The maximum absolute atomic E-state index is 12.6. The number of hydrogen-bond acceptors (Lipinski definition) is 2. The van der Waals surface area contributed by atoms with Gasteiger partial charge in [-0.1, -0.05) is 60.7 Å². The molecule has 1 amide bonds. The van der Waals surface area contributed by atoms with E-state index in [-0.39, 0.29) is 5.91 Å². The van der Waals surface area contributed by atoms with E-state index in [4.69, 9.17) is 4.74 Å². The Morgan fingerprint density at radius 1 is 0.931 bits per heavy atom. The average Bonchev–Trinajstić information content (AvgIpc) is 2.78. The van der Waals surface area contributed by atoms with E-state index in [2.05, 4.69) is 53.8 Å². The van der Waals surface area contributed by atoms with Crippen LogP contribution in [0, 0.1) is 5.92 Å². The number of benzene rings is 3. The van der Waals surface area contributed by atoms with Gasteiger partial charge < -0.3 is 10.1 Å². The number of nitrogens with one attached hydrogen (secondary N) is 1. The third-order valence-corrected chi connectivity index (χ3v) is 6.48. The van der Waals surface area contributed by atoms with Crippen LogP contribution in [0.15, 0.2) is 72.8 Å². The maximum atomic E-state index is 12.6. The van der Waals surface area contributed by atoms with Crippen molar-refractivity contribution in [3.8, 4) is 5.75 Å². The fourth-order valence-corrected chi connectivity index (χ4v) is 5.24. The van der Waals surface area contributed by atoms with Gasteiger partial charge in [0.2, 0.25) is 5.91 Å². The monoisotopic (exact) mass is 383 g/mol. The van der Waals surface area contributed by atoms with Crippen LogP contribution in [0.2, 0.25) is 0 Å². The van der Waals surface area contributed by atoms with Crippen LogP contribution in [0.5, 0.6) is 5.75 Å². The summed E-state index contributed by atoms with van der Waals surface area (Å²) in [7, 11) is 1.65. The number of amides is 1. The lowest BCUT2D eigenvalue weighted by atomic mass is 9.59. The van der Waals surface area contributed by atoms with Gasteiger partial charge in [-0.05, 0) is 52.3 Å². The minimum Gasteiger partial charge on any atom is -0.497 e. The zero-order valence-corrected chi connectivity index (χ0v) is 16.6. The van der Waals surface area contributed by atoms with Crippen molar-refractivity contribution in [3.63, 3.8) is 0 Å². The second-order valence-corrected chi connectivity index (χ2v) is 8.12. The first-order valence-electron chi connectivity index (χ1n) is 10.3. The Morgan fingerprint density at radius 2 is 1.59 bits per heavy atom. The predicted octanol–water partition coefficient (Wildman–Crippen LogP) is 4.65.